The highest BCUT2D eigenvalue weighted by atomic mass is 16.5. The van der Waals surface area contributed by atoms with Crippen molar-refractivity contribution in [2.45, 2.75) is 13.3 Å². The van der Waals surface area contributed by atoms with E-state index in [0.29, 0.717) is 0 Å². The van der Waals surface area contributed by atoms with Gasteiger partial charge in [0.2, 0.25) is 0 Å². The highest BCUT2D eigenvalue weighted by Crippen LogP contribution is 1.81. The minimum Gasteiger partial charge on any atom is -0.465 e. The van der Waals surface area contributed by atoms with Crippen molar-refractivity contribution in [3.05, 3.63) is 6.92 Å². The first kappa shape index (κ1) is 8.03. The van der Waals surface area contributed by atoms with E-state index in [0.717, 1.165) is 0 Å². The van der Waals surface area contributed by atoms with Crippen LogP contribution in [-0.2, 0) is 9.53 Å². The van der Waals surface area contributed by atoms with Gasteiger partial charge in [-0.1, -0.05) is 5.92 Å². The number of carbonyl (C=O) groups excluding carboxylic acids is 1. The van der Waals surface area contributed by atoms with E-state index in [2.05, 4.69) is 23.5 Å². The molecule has 0 saturated heterocycles. The third-order valence-electron chi connectivity index (χ3n) is 0.673. The van der Waals surface area contributed by atoms with E-state index in [1.807, 2.05) is 0 Å². The molecule has 9 heavy (non-hydrogen) atoms. The summed E-state index contributed by atoms with van der Waals surface area (Å²) in [5.74, 6) is 4.86. The first-order valence-corrected chi connectivity index (χ1v) is 2.65. The van der Waals surface area contributed by atoms with Gasteiger partial charge in [0.1, 0.15) is 6.42 Å². The van der Waals surface area contributed by atoms with Gasteiger partial charge in [0.15, 0.2) is 0 Å². The Balaban J connectivity index is 3.35. The Kier molecular flexibility index (Phi) is 4.61. The lowest BCUT2D eigenvalue weighted by molar-refractivity contribution is -0.141. The standard InChI is InChI=1S/C7H9O2/c1-3-5-6-7(8)9-4-2/h2,4,6H2,1H3. The fraction of sp³-hybridized carbons (Fsp3) is 0.429. The monoisotopic (exact) mass is 125 g/mol. The number of carbonyl (C=O) groups is 1. The van der Waals surface area contributed by atoms with Crippen molar-refractivity contribution in [3.63, 3.8) is 0 Å². The van der Waals surface area contributed by atoms with Crippen LogP contribution in [0.15, 0.2) is 0 Å². The van der Waals surface area contributed by atoms with Gasteiger partial charge >= 0.3 is 5.97 Å². The van der Waals surface area contributed by atoms with Crippen LogP contribution in [0.4, 0.5) is 0 Å². The summed E-state index contributed by atoms with van der Waals surface area (Å²) in [4.78, 5) is 10.4. The Morgan fingerprint density at radius 1 is 1.78 bits per heavy atom. The molecule has 0 aromatic rings. The molecule has 0 rings (SSSR count). The van der Waals surface area contributed by atoms with E-state index < -0.39 is 0 Å². The van der Waals surface area contributed by atoms with Crippen molar-refractivity contribution in [1.82, 2.24) is 0 Å². The minimum absolute atomic E-state index is 0.173. The van der Waals surface area contributed by atoms with Crippen molar-refractivity contribution >= 4 is 5.97 Å². The number of rotatable bonds is 2. The molecule has 2 heteroatoms. The smallest absolute Gasteiger partial charge is 0.317 e. The first-order chi connectivity index (χ1) is 4.31. The molecule has 0 aromatic heterocycles. The molecule has 1 radical (unpaired) electrons. The first-order valence-electron chi connectivity index (χ1n) is 2.65. The van der Waals surface area contributed by atoms with E-state index in [-0.39, 0.29) is 19.0 Å². The molecule has 0 fully saturated rings. The van der Waals surface area contributed by atoms with Gasteiger partial charge in [0.25, 0.3) is 0 Å². The van der Waals surface area contributed by atoms with Gasteiger partial charge in [-0.25, -0.2) is 0 Å². The van der Waals surface area contributed by atoms with Crippen LogP contribution in [0.3, 0.4) is 0 Å². The normalized spacial score (nSPS) is 7.33. The summed E-state index contributed by atoms with van der Waals surface area (Å²) in [7, 11) is 0. The maximum Gasteiger partial charge on any atom is 0.317 e. The topological polar surface area (TPSA) is 26.3 Å². The molecular weight excluding hydrogens is 116 g/mol. The Morgan fingerprint density at radius 2 is 2.44 bits per heavy atom. The average Bonchev–Trinajstić information content (AvgIpc) is 1.85. The van der Waals surface area contributed by atoms with Gasteiger partial charge in [-0.15, -0.1) is 5.92 Å². The molecule has 0 aromatic carbocycles. The van der Waals surface area contributed by atoms with E-state index in [1.54, 1.807) is 6.92 Å². The number of hydrogen-bond acceptors (Lipinski definition) is 2. The third kappa shape index (κ3) is 4.89. The minimum atomic E-state index is -0.306. The molecule has 2 nitrogen and oxygen atoms in total. The van der Waals surface area contributed by atoms with Crippen LogP contribution in [0.2, 0.25) is 0 Å². The van der Waals surface area contributed by atoms with Crippen molar-refractivity contribution in [2.24, 2.45) is 0 Å². The Morgan fingerprint density at radius 3 is 2.89 bits per heavy atom. The number of hydrogen-bond donors (Lipinski definition) is 0. The fourth-order valence-electron chi connectivity index (χ4n) is 0.325. The van der Waals surface area contributed by atoms with Crippen molar-refractivity contribution < 1.29 is 9.53 Å². The summed E-state index contributed by atoms with van der Waals surface area (Å²) in [6, 6.07) is 0. The average molecular weight is 125 g/mol. The molecule has 0 aliphatic carbocycles. The van der Waals surface area contributed by atoms with Crippen molar-refractivity contribution in [2.75, 3.05) is 6.61 Å². The molecule has 0 N–H and O–H groups in total. The summed E-state index contributed by atoms with van der Waals surface area (Å²) >= 11 is 0. The van der Waals surface area contributed by atoms with Crippen LogP contribution < -0.4 is 0 Å². The van der Waals surface area contributed by atoms with E-state index >= 15 is 0 Å². The molecule has 49 valence electrons. The Labute approximate surface area is 55.2 Å². The second kappa shape index (κ2) is 5.17. The summed E-state index contributed by atoms with van der Waals surface area (Å²) in [5, 5.41) is 0. The summed E-state index contributed by atoms with van der Waals surface area (Å²) in [5.41, 5.74) is 0. The molecule has 0 bridgehead atoms. The Hall–Kier alpha value is -0.970. The van der Waals surface area contributed by atoms with Crippen molar-refractivity contribution in [1.29, 1.82) is 0 Å². The highest BCUT2D eigenvalue weighted by molar-refractivity contribution is 5.72. The molecule has 0 aliphatic rings. The van der Waals surface area contributed by atoms with Gasteiger partial charge in [0, 0.05) is 0 Å². The zero-order valence-electron chi connectivity index (χ0n) is 5.44. The molecule has 0 spiro atoms. The van der Waals surface area contributed by atoms with E-state index in [9.17, 15) is 4.79 Å². The second-order valence-electron chi connectivity index (χ2n) is 1.32. The predicted molar refractivity (Wildman–Crippen MR) is 34.4 cm³/mol. The Bertz CT molecular complexity index is 139. The van der Waals surface area contributed by atoms with E-state index in [1.165, 1.54) is 0 Å². The predicted octanol–water partition coefficient (Wildman–Crippen LogP) is 0.777. The number of esters is 1. The summed E-state index contributed by atoms with van der Waals surface area (Å²) < 4.78 is 4.49. The third-order valence-corrected chi connectivity index (χ3v) is 0.673. The largest absolute Gasteiger partial charge is 0.465 e. The fourth-order valence-corrected chi connectivity index (χ4v) is 0.325. The summed E-state index contributed by atoms with van der Waals surface area (Å²) in [6.07, 6.45) is 0.173. The SMILES string of the molecule is [CH2]COC(=O)CC#CC. The van der Waals surface area contributed by atoms with Crippen LogP contribution in [0.1, 0.15) is 13.3 Å². The zero-order valence-corrected chi connectivity index (χ0v) is 5.44. The van der Waals surface area contributed by atoms with Gasteiger partial charge in [0.05, 0.1) is 6.61 Å². The van der Waals surface area contributed by atoms with Gasteiger partial charge in [-0.3, -0.25) is 4.79 Å². The lowest BCUT2D eigenvalue weighted by Crippen LogP contribution is -2.01. The van der Waals surface area contributed by atoms with Crippen LogP contribution in [0, 0.1) is 18.8 Å². The quantitative estimate of drug-likeness (QED) is 0.402. The van der Waals surface area contributed by atoms with Gasteiger partial charge in [-0.2, -0.15) is 0 Å². The van der Waals surface area contributed by atoms with E-state index in [4.69, 9.17) is 0 Å². The van der Waals surface area contributed by atoms with Crippen LogP contribution in [0.5, 0.6) is 0 Å². The van der Waals surface area contributed by atoms with Crippen LogP contribution in [0.25, 0.3) is 0 Å². The maximum absolute atomic E-state index is 10.4. The lowest BCUT2D eigenvalue weighted by Gasteiger charge is -1.93. The molecule has 0 saturated carbocycles. The highest BCUT2D eigenvalue weighted by Gasteiger charge is 1.94. The van der Waals surface area contributed by atoms with Crippen LogP contribution in [-0.4, -0.2) is 12.6 Å². The molecule has 0 amide bonds. The van der Waals surface area contributed by atoms with Gasteiger partial charge < -0.3 is 4.74 Å². The zero-order chi connectivity index (χ0) is 7.11. The molecule has 0 atom stereocenters. The molecule has 0 unspecified atom stereocenters. The van der Waals surface area contributed by atoms with Crippen LogP contribution >= 0.6 is 0 Å². The second-order valence-corrected chi connectivity index (χ2v) is 1.32. The molecular formula is C7H9O2. The lowest BCUT2D eigenvalue weighted by atomic mass is 10.4. The number of ether oxygens (including phenoxy) is 1. The van der Waals surface area contributed by atoms with Gasteiger partial charge in [-0.05, 0) is 13.8 Å². The molecule has 0 heterocycles. The maximum atomic E-state index is 10.4. The molecule has 0 aliphatic heterocycles. The van der Waals surface area contributed by atoms with Crippen molar-refractivity contribution in [3.8, 4) is 11.8 Å². The summed E-state index contributed by atoms with van der Waals surface area (Å²) in [6.45, 7) is 5.21.